The summed E-state index contributed by atoms with van der Waals surface area (Å²) in [5, 5.41) is 0.453. The molecule has 0 aromatic heterocycles. The van der Waals surface area contributed by atoms with Crippen molar-refractivity contribution in [3.8, 4) is 0 Å². The third kappa shape index (κ3) is 15.2. The van der Waals surface area contributed by atoms with Gasteiger partial charge in [0.25, 0.3) is 0 Å². The Morgan fingerprint density at radius 1 is 0.629 bits per heavy atom. The highest BCUT2D eigenvalue weighted by atomic mass is 28.4. The highest BCUT2D eigenvalue weighted by Gasteiger charge is 2.41. The topological polar surface area (TPSA) is 18.5 Å². The van der Waals surface area contributed by atoms with Crippen LogP contribution < -0.4 is 0 Å². The zero-order valence-electron chi connectivity index (χ0n) is 26.2. The van der Waals surface area contributed by atoms with Gasteiger partial charge in [-0.15, -0.1) is 6.58 Å². The van der Waals surface area contributed by atoms with Gasteiger partial charge in [-0.3, -0.25) is 0 Å². The lowest BCUT2D eigenvalue weighted by Gasteiger charge is -2.42. The first kappa shape index (κ1) is 35.1. The molecular weight excluding hydrogens is 461 g/mol. The van der Waals surface area contributed by atoms with Crippen LogP contribution in [0, 0.1) is 0 Å². The number of hydrogen-bond acceptors (Lipinski definition) is 2. The predicted molar refractivity (Wildman–Crippen MR) is 165 cm³/mol. The first-order valence-corrected chi connectivity index (χ1v) is 20.9. The van der Waals surface area contributed by atoms with Crippen molar-refractivity contribution in [2.75, 3.05) is 0 Å². The van der Waals surface area contributed by atoms with Crippen LogP contribution in [-0.2, 0) is 8.85 Å². The summed E-state index contributed by atoms with van der Waals surface area (Å²) >= 11 is 0. The summed E-state index contributed by atoms with van der Waals surface area (Å²) in [6, 6.07) is 0. The summed E-state index contributed by atoms with van der Waals surface area (Å²) in [4.78, 5) is 0. The van der Waals surface area contributed by atoms with E-state index >= 15 is 0 Å². The molecular formula is C31H66O2Si2. The van der Waals surface area contributed by atoms with Gasteiger partial charge in [0.15, 0.2) is 16.6 Å². The highest BCUT2D eigenvalue weighted by molar-refractivity contribution is 6.74. The second-order valence-electron chi connectivity index (χ2n) is 14.1. The molecule has 0 bridgehead atoms. The van der Waals surface area contributed by atoms with Gasteiger partial charge in [0.1, 0.15) is 0 Å². The molecule has 0 aliphatic carbocycles. The van der Waals surface area contributed by atoms with Gasteiger partial charge in [-0.1, -0.05) is 125 Å². The van der Waals surface area contributed by atoms with Gasteiger partial charge in [0, 0.05) is 6.10 Å². The maximum atomic E-state index is 7.01. The monoisotopic (exact) mass is 526 g/mol. The summed E-state index contributed by atoms with van der Waals surface area (Å²) in [5.41, 5.74) is 0. The van der Waals surface area contributed by atoms with Gasteiger partial charge in [0.05, 0.1) is 6.10 Å². The molecule has 0 N–H and O–H groups in total. The standard InChI is InChI=1S/C31H66O2Si2/c1-13-15-16-17-18-19-20-21-22-23-24-26-29(33-35(11,12)31(6,7)8)27-28(25-14-2)32-34(9,10)30(3,4)5/h14,28-29H,2,13,15-27H2,1,3-12H3/t28-,29-/m1/s1. The molecule has 0 spiro atoms. The van der Waals surface area contributed by atoms with Gasteiger partial charge in [0.2, 0.25) is 0 Å². The van der Waals surface area contributed by atoms with E-state index in [4.69, 9.17) is 8.85 Å². The van der Waals surface area contributed by atoms with Crippen LogP contribution in [0.1, 0.15) is 138 Å². The lowest BCUT2D eigenvalue weighted by Crippen LogP contribution is -2.47. The van der Waals surface area contributed by atoms with Crippen molar-refractivity contribution in [3.63, 3.8) is 0 Å². The average molecular weight is 527 g/mol. The molecule has 0 unspecified atom stereocenters. The molecule has 0 radical (unpaired) electrons. The van der Waals surface area contributed by atoms with E-state index < -0.39 is 16.6 Å². The molecule has 0 saturated carbocycles. The Balaban J connectivity index is 4.89. The minimum atomic E-state index is -1.83. The van der Waals surface area contributed by atoms with Crippen molar-refractivity contribution in [1.82, 2.24) is 0 Å². The Kier molecular flexibility index (Phi) is 16.9. The van der Waals surface area contributed by atoms with E-state index in [1.54, 1.807) is 0 Å². The number of hydrogen-bond donors (Lipinski definition) is 0. The summed E-state index contributed by atoms with van der Waals surface area (Å²) in [6.45, 7) is 29.9. The van der Waals surface area contributed by atoms with Crippen LogP contribution >= 0.6 is 0 Å². The molecule has 0 aliphatic rings. The fraction of sp³-hybridized carbons (Fsp3) is 0.935. The summed E-state index contributed by atoms with van der Waals surface area (Å²) in [6.07, 6.45) is 20.9. The maximum absolute atomic E-state index is 7.01. The minimum absolute atomic E-state index is 0.218. The van der Waals surface area contributed by atoms with Crippen molar-refractivity contribution < 1.29 is 8.85 Å². The SMILES string of the molecule is C=CC[C@H](C[C@@H](CCCCCCCCCCCCC)O[Si](C)(C)C(C)(C)C)O[Si](C)(C)C(C)(C)C. The Morgan fingerprint density at radius 3 is 1.37 bits per heavy atom. The molecule has 0 amide bonds. The summed E-state index contributed by atoms with van der Waals surface area (Å²) < 4.78 is 13.9. The van der Waals surface area contributed by atoms with Crippen LogP contribution in [0.3, 0.4) is 0 Å². The zero-order valence-corrected chi connectivity index (χ0v) is 28.2. The van der Waals surface area contributed by atoms with Gasteiger partial charge < -0.3 is 8.85 Å². The van der Waals surface area contributed by atoms with Crippen molar-refractivity contribution in [2.24, 2.45) is 0 Å². The van der Waals surface area contributed by atoms with Gasteiger partial charge in [-0.2, -0.15) is 0 Å². The van der Waals surface area contributed by atoms with E-state index in [2.05, 4.69) is 81.2 Å². The largest absolute Gasteiger partial charge is 0.414 e. The second-order valence-corrected chi connectivity index (χ2v) is 23.6. The lowest BCUT2D eigenvalue weighted by molar-refractivity contribution is 0.0867. The van der Waals surface area contributed by atoms with Gasteiger partial charge in [-0.25, -0.2) is 0 Å². The van der Waals surface area contributed by atoms with Crippen LogP contribution in [0.4, 0.5) is 0 Å². The fourth-order valence-corrected chi connectivity index (χ4v) is 6.90. The maximum Gasteiger partial charge on any atom is 0.192 e. The zero-order chi connectivity index (χ0) is 27.2. The van der Waals surface area contributed by atoms with Crippen molar-refractivity contribution in [3.05, 3.63) is 12.7 Å². The van der Waals surface area contributed by atoms with Crippen LogP contribution in [-0.4, -0.2) is 28.8 Å². The quantitative estimate of drug-likeness (QED) is 0.0891. The molecule has 2 atom stereocenters. The molecule has 0 rings (SSSR count). The molecule has 0 aromatic carbocycles. The first-order valence-electron chi connectivity index (χ1n) is 15.0. The molecule has 0 aromatic rings. The van der Waals surface area contributed by atoms with E-state index in [1.807, 2.05) is 6.08 Å². The Bertz CT molecular complexity index is 543. The summed E-state index contributed by atoms with van der Waals surface area (Å²) in [7, 11) is -3.65. The molecule has 0 heterocycles. The molecule has 210 valence electrons. The molecule has 2 nitrogen and oxygen atoms in total. The third-order valence-electron chi connectivity index (χ3n) is 8.62. The van der Waals surface area contributed by atoms with Crippen LogP contribution in [0.15, 0.2) is 12.7 Å². The van der Waals surface area contributed by atoms with Crippen LogP contribution in [0.25, 0.3) is 0 Å². The van der Waals surface area contributed by atoms with Crippen molar-refractivity contribution in [2.45, 2.75) is 187 Å². The Morgan fingerprint density at radius 2 is 1.00 bits per heavy atom. The molecule has 0 aliphatic heterocycles. The van der Waals surface area contributed by atoms with Gasteiger partial charge in [-0.05, 0) is 55.5 Å². The smallest absolute Gasteiger partial charge is 0.192 e. The Labute approximate surface area is 224 Å². The van der Waals surface area contributed by atoms with Crippen LogP contribution in [0.2, 0.25) is 36.3 Å². The Hall–Kier alpha value is 0.0938. The van der Waals surface area contributed by atoms with Crippen LogP contribution in [0.5, 0.6) is 0 Å². The first-order chi connectivity index (χ1) is 16.1. The minimum Gasteiger partial charge on any atom is -0.414 e. The van der Waals surface area contributed by atoms with E-state index in [-0.39, 0.29) is 16.2 Å². The van der Waals surface area contributed by atoms with E-state index in [0.717, 1.165) is 19.3 Å². The predicted octanol–water partition coefficient (Wildman–Crippen LogP) is 11.4. The fourth-order valence-electron chi connectivity index (χ4n) is 4.12. The second kappa shape index (κ2) is 16.8. The molecule has 35 heavy (non-hydrogen) atoms. The van der Waals surface area contributed by atoms with E-state index in [9.17, 15) is 0 Å². The third-order valence-corrected chi connectivity index (χ3v) is 17.7. The van der Waals surface area contributed by atoms with Gasteiger partial charge >= 0.3 is 0 Å². The van der Waals surface area contributed by atoms with E-state index in [1.165, 1.54) is 70.6 Å². The number of unbranched alkanes of at least 4 members (excludes halogenated alkanes) is 10. The molecule has 4 heteroatoms. The molecule has 0 saturated heterocycles. The molecule has 0 fully saturated rings. The van der Waals surface area contributed by atoms with E-state index in [0.29, 0.717) is 6.10 Å². The normalized spacial score (nSPS) is 15.3. The lowest BCUT2D eigenvalue weighted by atomic mass is 10.0. The summed E-state index contributed by atoms with van der Waals surface area (Å²) in [5.74, 6) is 0. The highest BCUT2D eigenvalue weighted by Crippen LogP contribution is 2.40. The average Bonchev–Trinajstić information content (AvgIpc) is 2.69. The van der Waals surface area contributed by atoms with Crippen molar-refractivity contribution in [1.29, 1.82) is 0 Å². The van der Waals surface area contributed by atoms with Crippen molar-refractivity contribution >= 4 is 16.6 Å². The number of rotatable bonds is 20.